The van der Waals surface area contributed by atoms with Gasteiger partial charge >= 0.3 is 6.03 Å². The number of amides is 2. The number of carbonyl (C=O) groups is 1. The van der Waals surface area contributed by atoms with E-state index in [0.29, 0.717) is 16.1 Å². The first-order valence-electron chi connectivity index (χ1n) is 5.58. The highest BCUT2D eigenvalue weighted by atomic mass is 35.5. The molecule has 0 spiro atoms. The average molecular weight is 273 g/mol. The Balaban J connectivity index is 1.97. The third-order valence-electron chi connectivity index (χ3n) is 2.69. The maximum absolute atomic E-state index is 11.6. The first kappa shape index (κ1) is 12.5. The van der Waals surface area contributed by atoms with Crippen molar-refractivity contribution in [2.45, 2.75) is 31.8 Å². The number of hydrogen-bond donors (Lipinski definition) is 2. The van der Waals surface area contributed by atoms with E-state index in [-0.39, 0.29) is 12.1 Å². The highest BCUT2D eigenvalue weighted by molar-refractivity contribution is 6.35. The number of carbonyl (C=O) groups excluding carboxylic acids is 1. The van der Waals surface area contributed by atoms with Crippen LogP contribution >= 0.6 is 23.2 Å². The molecule has 0 aromatic heterocycles. The van der Waals surface area contributed by atoms with Crippen LogP contribution in [0.1, 0.15) is 31.4 Å². The number of rotatable bonds is 3. The minimum atomic E-state index is -0.147. The van der Waals surface area contributed by atoms with E-state index in [4.69, 9.17) is 23.2 Å². The standard InChI is InChI=1S/C12H14Cl2N2O/c1-7(15-12(17)16-9-3-4-9)10-5-2-8(13)6-11(10)14/h2,5-7,9H,3-4H2,1H3,(H2,15,16,17). The van der Waals surface area contributed by atoms with Crippen molar-refractivity contribution in [1.82, 2.24) is 10.6 Å². The van der Waals surface area contributed by atoms with Crippen molar-refractivity contribution >= 4 is 29.2 Å². The maximum atomic E-state index is 11.6. The lowest BCUT2D eigenvalue weighted by molar-refractivity contribution is 0.237. The fraction of sp³-hybridized carbons (Fsp3) is 0.417. The largest absolute Gasteiger partial charge is 0.335 e. The maximum Gasteiger partial charge on any atom is 0.315 e. The lowest BCUT2D eigenvalue weighted by Gasteiger charge is -2.16. The summed E-state index contributed by atoms with van der Waals surface area (Å²) in [6, 6.07) is 5.33. The minimum Gasteiger partial charge on any atom is -0.335 e. The molecule has 5 heteroatoms. The highest BCUT2D eigenvalue weighted by Gasteiger charge is 2.24. The number of benzene rings is 1. The zero-order chi connectivity index (χ0) is 12.4. The van der Waals surface area contributed by atoms with Crippen LogP contribution in [0.15, 0.2) is 18.2 Å². The van der Waals surface area contributed by atoms with Crippen molar-refractivity contribution in [2.75, 3.05) is 0 Å². The number of urea groups is 1. The molecule has 1 aliphatic carbocycles. The molecule has 2 N–H and O–H groups in total. The number of halogens is 2. The van der Waals surface area contributed by atoms with Gasteiger partial charge in [0, 0.05) is 16.1 Å². The lowest BCUT2D eigenvalue weighted by atomic mass is 10.1. The zero-order valence-corrected chi connectivity index (χ0v) is 11.0. The average Bonchev–Trinajstić information content (AvgIpc) is 3.00. The van der Waals surface area contributed by atoms with Crippen molar-refractivity contribution in [3.05, 3.63) is 33.8 Å². The van der Waals surface area contributed by atoms with E-state index < -0.39 is 0 Å². The quantitative estimate of drug-likeness (QED) is 0.869. The van der Waals surface area contributed by atoms with E-state index in [2.05, 4.69) is 10.6 Å². The van der Waals surface area contributed by atoms with E-state index in [1.807, 2.05) is 13.0 Å². The SMILES string of the molecule is CC(NC(=O)NC1CC1)c1ccc(Cl)cc1Cl. The van der Waals surface area contributed by atoms with E-state index >= 15 is 0 Å². The second kappa shape index (κ2) is 5.15. The fourth-order valence-electron chi connectivity index (χ4n) is 1.58. The summed E-state index contributed by atoms with van der Waals surface area (Å²) in [6.07, 6.45) is 2.15. The third-order valence-corrected chi connectivity index (χ3v) is 3.25. The Labute approximate surface area is 110 Å². The van der Waals surface area contributed by atoms with Crippen molar-refractivity contribution in [2.24, 2.45) is 0 Å². The Kier molecular flexibility index (Phi) is 3.79. The summed E-state index contributed by atoms with van der Waals surface area (Å²) in [4.78, 5) is 11.6. The molecule has 1 saturated carbocycles. The molecule has 2 rings (SSSR count). The van der Waals surface area contributed by atoms with E-state index in [1.165, 1.54) is 0 Å². The van der Waals surface area contributed by atoms with Crippen LogP contribution in [0.2, 0.25) is 10.0 Å². The van der Waals surface area contributed by atoms with Gasteiger partial charge in [-0.3, -0.25) is 0 Å². The van der Waals surface area contributed by atoms with Crippen molar-refractivity contribution in [3.63, 3.8) is 0 Å². The minimum absolute atomic E-state index is 0.140. The molecule has 0 saturated heterocycles. The van der Waals surface area contributed by atoms with Crippen molar-refractivity contribution < 1.29 is 4.79 Å². The van der Waals surface area contributed by atoms with Crippen LogP contribution in [0.25, 0.3) is 0 Å². The first-order chi connectivity index (χ1) is 8.06. The van der Waals surface area contributed by atoms with Gasteiger partial charge in [0.2, 0.25) is 0 Å². The molecule has 0 heterocycles. The van der Waals surface area contributed by atoms with Crippen molar-refractivity contribution in [3.8, 4) is 0 Å². The Morgan fingerprint density at radius 3 is 2.71 bits per heavy atom. The molecule has 92 valence electrons. The summed E-state index contributed by atoms with van der Waals surface area (Å²) in [6.45, 7) is 1.89. The third kappa shape index (κ3) is 3.51. The van der Waals surface area contributed by atoms with Gasteiger partial charge in [-0.2, -0.15) is 0 Å². The van der Waals surface area contributed by atoms with Crippen LogP contribution in [0, 0.1) is 0 Å². The molecular weight excluding hydrogens is 259 g/mol. The smallest absolute Gasteiger partial charge is 0.315 e. The molecule has 2 amide bonds. The normalized spacial score (nSPS) is 16.4. The molecule has 1 aliphatic rings. The number of nitrogens with one attached hydrogen (secondary N) is 2. The van der Waals surface area contributed by atoms with Gasteiger partial charge in [0.25, 0.3) is 0 Å². The van der Waals surface area contributed by atoms with Crippen LogP contribution < -0.4 is 10.6 Å². The fourth-order valence-corrected chi connectivity index (χ4v) is 2.15. The molecule has 1 atom stereocenters. The zero-order valence-electron chi connectivity index (χ0n) is 9.47. The van der Waals surface area contributed by atoms with Gasteiger partial charge in [-0.25, -0.2) is 4.79 Å². The van der Waals surface area contributed by atoms with Gasteiger partial charge in [-0.15, -0.1) is 0 Å². The monoisotopic (exact) mass is 272 g/mol. The van der Waals surface area contributed by atoms with Gasteiger partial charge in [0.1, 0.15) is 0 Å². The summed E-state index contributed by atoms with van der Waals surface area (Å²) in [5, 5.41) is 6.87. The van der Waals surface area contributed by atoms with Gasteiger partial charge in [0.05, 0.1) is 6.04 Å². The molecule has 0 aliphatic heterocycles. The van der Waals surface area contributed by atoms with Gasteiger partial charge in [0.15, 0.2) is 0 Å². The van der Waals surface area contributed by atoms with Crippen LogP contribution in [-0.4, -0.2) is 12.1 Å². The van der Waals surface area contributed by atoms with Gasteiger partial charge in [-0.05, 0) is 37.5 Å². The predicted molar refractivity (Wildman–Crippen MR) is 69.6 cm³/mol. The summed E-state index contributed by atoms with van der Waals surface area (Å²) >= 11 is 11.9. The van der Waals surface area contributed by atoms with E-state index in [9.17, 15) is 4.79 Å². The molecule has 1 aromatic carbocycles. The Morgan fingerprint density at radius 2 is 2.12 bits per heavy atom. The lowest BCUT2D eigenvalue weighted by Crippen LogP contribution is -2.38. The molecule has 1 aromatic rings. The van der Waals surface area contributed by atoms with Gasteiger partial charge in [-0.1, -0.05) is 29.3 Å². The Bertz CT molecular complexity index is 433. The topological polar surface area (TPSA) is 41.1 Å². The highest BCUT2D eigenvalue weighted by Crippen LogP contribution is 2.26. The van der Waals surface area contributed by atoms with Crippen molar-refractivity contribution in [1.29, 1.82) is 0 Å². The summed E-state index contributed by atoms with van der Waals surface area (Å²) in [5.74, 6) is 0. The molecule has 1 unspecified atom stereocenters. The van der Waals surface area contributed by atoms with E-state index in [1.54, 1.807) is 12.1 Å². The molecule has 0 bridgehead atoms. The predicted octanol–water partition coefficient (Wildman–Crippen LogP) is 3.52. The molecule has 1 fully saturated rings. The number of hydrogen-bond acceptors (Lipinski definition) is 1. The summed E-state index contributed by atoms with van der Waals surface area (Å²) < 4.78 is 0. The summed E-state index contributed by atoms with van der Waals surface area (Å²) in [7, 11) is 0. The first-order valence-corrected chi connectivity index (χ1v) is 6.34. The van der Waals surface area contributed by atoms with Crippen LogP contribution in [0.5, 0.6) is 0 Å². The molecule has 0 radical (unpaired) electrons. The molecule has 3 nitrogen and oxygen atoms in total. The van der Waals surface area contributed by atoms with E-state index in [0.717, 1.165) is 18.4 Å². The van der Waals surface area contributed by atoms with Crippen LogP contribution in [0.4, 0.5) is 4.79 Å². The summed E-state index contributed by atoms with van der Waals surface area (Å²) in [5.41, 5.74) is 0.863. The molecular formula is C12H14Cl2N2O. The van der Waals surface area contributed by atoms with Gasteiger partial charge < -0.3 is 10.6 Å². The van der Waals surface area contributed by atoms with Crippen LogP contribution in [0.3, 0.4) is 0 Å². The molecule has 17 heavy (non-hydrogen) atoms. The Hall–Kier alpha value is -0.930. The Morgan fingerprint density at radius 1 is 1.41 bits per heavy atom. The second-order valence-electron chi connectivity index (χ2n) is 4.28. The second-order valence-corrected chi connectivity index (χ2v) is 5.12. The van der Waals surface area contributed by atoms with Crippen LogP contribution in [-0.2, 0) is 0 Å².